The van der Waals surface area contributed by atoms with Crippen molar-refractivity contribution in [2.75, 3.05) is 26.0 Å². The second-order valence-corrected chi connectivity index (χ2v) is 5.83. The molecule has 1 amide bonds. The summed E-state index contributed by atoms with van der Waals surface area (Å²) in [6.07, 6.45) is 5.04. The van der Waals surface area contributed by atoms with E-state index in [1.54, 1.807) is 7.11 Å². The van der Waals surface area contributed by atoms with Crippen LogP contribution in [-0.4, -0.2) is 42.2 Å². The molecule has 1 saturated heterocycles. The number of nitrogen functional groups attached to an aromatic ring is 1. The third-order valence-corrected chi connectivity index (χ3v) is 4.33. The highest BCUT2D eigenvalue weighted by Crippen LogP contribution is 2.24. The van der Waals surface area contributed by atoms with Crippen LogP contribution in [0, 0.1) is 0 Å². The molecule has 5 heteroatoms. The molecule has 5 nitrogen and oxygen atoms in total. The number of hydrogen-bond acceptors (Lipinski definition) is 4. The maximum Gasteiger partial charge on any atom is 0.223 e. The number of nitrogens with two attached hydrogens (primary N) is 1. The molecule has 0 aromatic heterocycles. The molecule has 22 heavy (non-hydrogen) atoms. The van der Waals surface area contributed by atoms with Crippen molar-refractivity contribution >= 4 is 11.6 Å². The Bertz CT molecular complexity index is 503. The van der Waals surface area contributed by atoms with Gasteiger partial charge in [-0.2, -0.15) is 0 Å². The average Bonchev–Trinajstić information content (AvgIpc) is 2.53. The highest BCUT2D eigenvalue weighted by atomic mass is 16.5. The maximum atomic E-state index is 12.5. The normalized spacial score (nSPS) is 18.3. The van der Waals surface area contributed by atoms with Crippen LogP contribution in [0.3, 0.4) is 0 Å². The van der Waals surface area contributed by atoms with Gasteiger partial charge < -0.3 is 20.5 Å². The number of aliphatic hydroxyl groups is 1. The number of piperidine rings is 1. The van der Waals surface area contributed by atoms with E-state index in [-0.39, 0.29) is 18.6 Å². The van der Waals surface area contributed by atoms with Crippen LogP contribution in [0.15, 0.2) is 18.2 Å². The summed E-state index contributed by atoms with van der Waals surface area (Å²) in [4.78, 5) is 14.4. The minimum absolute atomic E-state index is 0.142. The van der Waals surface area contributed by atoms with Crippen LogP contribution in [0.5, 0.6) is 5.75 Å². The molecule has 0 saturated carbocycles. The first-order valence-corrected chi connectivity index (χ1v) is 7.98. The molecular formula is C17H26N2O3. The third kappa shape index (κ3) is 4.13. The number of benzene rings is 1. The van der Waals surface area contributed by atoms with Crippen LogP contribution in [0.2, 0.25) is 0 Å². The summed E-state index contributed by atoms with van der Waals surface area (Å²) in [5, 5.41) is 9.14. The predicted octanol–water partition coefficient (Wildman–Crippen LogP) is 1.97. The van der Waals surface area contributed by atoms with E-state index < -0.39 is 0 Å². The second-order valence-electron chi connectivity index (χ2n) is 5.83. The summed E-state index contributed by atoms with van der Waals surface area (Å²) in [6, 6.07) is 5.86. The molecule has 0 aliphatic carbocycles. The number of amides is 1. The lowest BCUT2D eigenvalue weighted by Crippen LogP contribution is -2.44. The first-order valence-electron chi connectivity index (χ1n) is 7.98. The van der Waals surface area contributed by atoms with Crippen molar-refractivity contribution in [1.82, 2.24) is 4.90 Å². The topological polar surface area (TPSA) is 75.8 Å². The monoisotopic (exact) mass is 306 g/mol. The van der Waals surface area contributed by atoms with Gasteiger partial charge >= 0.3 is 0 Å². The Labute approximate surface area is 132 Å². The Kier molecular flexibility index (Phi) is 6.07. The van der Waals surface area contributed by atoms with E-state index in [0.29, 0.717) is 30.7 Å². The average molecular weight is 306 g/mol. The minimum atomic E-state index is 0.142. The van der Waals surface area contributed by atoms with E-state index in [9.17, 15) is 4.79 Å². The van der Waals surface area contributed by atoms with Crippen molar-refractivity contribution in [3.8, 4) is 5.75 Å². The number of methoxy groups -OCH3 is 1. The summed E-state index contributed by atoms with van der Waals surface area (Å²) in [6.45, 7) is 0.956. The van der Waals surface area contributed by atoms with Crippen molar-refractivity contribution in [2.45, 2.75) is 44.6 Å². The van der Waals surface area contributed by atoms with E-state index in [1.165, 1.54) is 0 Å². The Balaban J connectivity index is 1.92. The quantitative estimate of drug-likeness (QED) is 0.788. The smallest absolute Gasteiger partial charge is 0.223 e. The first-order chi connectivity index (χ1) is 10.7. The lowest BCUT2D eigenvalue weighted by atomic mass is 9.98. The predicted molar refractivity (Wildman–Crippen MR) is 86.8 cm³/mol. The first kappa shape index (κ1) is 16.6. The molecule has 1 heterocycles. The van der Waals surface area contributed by atoms with Crippen molar-refractivity contribution in [1.29, 1.82) is 0 Å². The number of aliphatic hydroxyl groups excluding tert-OH is 1. The van der Waals surface area contributed by atoms with E-state index in [1.807, 2.05) is 23.1 Å². The number of carbonyl (C=O) groups excluding carboxylic acids is 1. The van der Waals surface area contributed by atoms with Gasteiger partial charge in [0.1, 0.15) is 5.75 Å². The van der Waals surface area contributed by atoms with Gasteiger partial charge in [0.05, 0.1) is 12.8 Å². The summed E-state index contributed by atoms with van der Waals surface area (Å²) in [5.41, 5.74) is 7.54. The molecule has 1 atom stereocenters. The number of rotatable bonds is 6. The fourth-order valence-corrected chi connectivity index (χ4v) is 3.11. The van der Waals surface area contributed by atoms with Crippen LogP contribution >= 0.6 is 0 Å². The number of carbonyl (C=O) groups is 1. The molecule has 1 aliphatic heterocycles. The van der Waals surface area contributed by atoms with Crippen LogP contribution in [0.4, 0.5) is 5.69 Å². The number of nitrogens with zero attached hydrogens (tertiary/aromatic N) is 1. The second kappa shape index (κ2) is 8.03. The van der Waals surface area contributed by atoms with Gasteiger partial charge in [-0.25, -0.2) is 0 Å². The molecule has 1 fully saturated rings. The largest absolute Gasteiger partial charge is 0.495 e. The van der Waals surface area contributed by atoms with Gasteiger partial charge in [0.15, 0.2) is 0 Å². The Morgan fingerprint density at radius 2 is 2.27 bits per heavy atom. The highest BCUT2D eigenvalue weighted by molar-refractivity contribution is 5.77. The highest BCUT2D eigenvalue weighted by Gasteiger charge is 2.25. The zero-order valence-corrected chi connectivity index (χ0v) is 13.3. The maximum absolute atomic E-state index is 12.5. The van der Waals surface area contributed by atoms with Gasteiger partial charge in [-0.3, -0.25) is 4.79 Å². The van der Waals surface area contributed by atoms with Crippen LogP contribution in [0.25, 0.3) is 0 Å². The van der Waals surface area contributed by atoms with Gasteiger partial charge in [0.2, 0.25) is 5.91 Å². The zero-order valence-electron chi connectivity index (χ0n) is 13.3. The van der Waals surface area contributed by atoms with Gasteiger partial charge in [0.25, 0.3) is 0 Å². The van der Waals surface area contributed by atoms with E-state index in [2.05, 4.69) is 0 Å². The summed E-state index contributed by atoms with van der Waals surface area (Å²) in [7, 11) is 1.59. The standard InChI is InChI=1S/C17H26N2O3/c1-22-16-7-5-13(12-15(16)18)6-8-17(21)19-10-3-2-4-14(19)9-11-20/h5,7,12,14,20H,2-4,6,8-11,18H2,1H3. The van der Waals surface area contributed by atoms with Gasteiger partial charge in [-0.05, 0) is 49.8 Å². The number of anilines is 1. The minimum Gasteiger partial charge on any atom is -0.495 e. The molecule has 0 radical (unpaired) electrons. The van der Waals surface area contributed by atoms with Crippen molar-refractivity contribution in [2.24, 2.45) is 0 Å². The number of ether oxygens (including phenoxy) is 1. The van der Waals surface area contributed by atoms with Gasteiger partial charge in [-0.15, -0.1) is 0 Å². The fourth-order valence-electron chi connectivity index (χ4n) is 3.11. The molecule has 1 aromatic rings. The van der Waals surface area contributed by atoms with Crippen LogP contribution in [0.1, 0.15) is 37.7 Å². The lowest BCUT2D eigenvalue weighted by molar-refractivity contribution is -0.135. The number of hydrogen-bond donors (Lipinski definition) is 2. The van der Waals surface area contributed by atoms with Crippen molar-refractivity contribution in [3.05, 3.63) is 23.8 Å². The molecule has 0 spiro atoms. The molecule has 3 N–H and O–H groups in total. The molecule has 0 bridgehead atoms. The SMILES string of the molecule is COc1ccc(CCC(=O)N2CCCCC2CCO)cc1N. The van der Waals surface area contributed by atoms with Crippen LogP contribution in [-0.2, 0) is 11.2 Å². The fraction of sp³-hybridized carbons (Fsp3) is 0.588. The Morgan fingerprint density at radius 3 is 2.95 bits per heavy atom. The molecule has 1 unspecified atom stereocenters. The molecular weight excluding hydrogens is 280 g/mol. The third-order valence-electron chi connectivity index (χ3n) is 4.33. The van der Waals surface area contributed by atoms with E-state index in [4.69, 9.17) is 15.6 Å². The number of likely N-dealkylation sites (tertiary alicyclic amines) is 1. The molecule has 122 valence electrons. The zero-order chi connectivity index (χ0) is 15.9. The summed E-state index contributed by atoms with van der Waals surface area (Å²) in [5.74, 6) is 0.835. The molecule has 1 aliphatic rings. The van der Waals surface area contributed by atoms with E-state index in [0.717, 1.165) is 31.4 Å². The van der Waals surface area contributed by atoms with E-state index >= 15 is 0 Å². The summed E-state index contributed by atoms with van der Waals surface area (Å²) >= 11 is 0. The Hall–Kier alpha value is -1.75. The van der Waals surface area contributed by atoms with Crippen LogP contribution < -0.4 is 10.5 Å². The van der Waals surface area contributed by atoms with Crippen molar-refractivity contribution < 1.29 is 14.6 Å². The number of aryl methyl sites for hydroxylation is 1. The lowest BCUT2D eigenvalue weighted by Gasteiger charge is -2.35. The molecule has 1 aromatic carbocycles. The Morgan fingerprint density at radius 1 is 1.45 bits per heavy atom. The summed E-state index contributed by atoms with van der Waals surface area (Å²) < 4.78 is 5.14. The van der Waals surface area contributed by atoms with Crippen molar-refractivity contribution in [3.63, 3.8) is 0 Å². The molecule has 2 rings (SSSR count). The van der Waals surface area contributed by atoms with Gasteiger partial charge in [0, 0.05) is 25.6 Å². The van der Waals surface area contributed by atoms with Gasteiger partial charge in [-0.1, -0.05) is 6.07 Å².